The second-order valence-electron chi connectivity index (χ2n) is 4.31. The van der Waals surface area contributed by atoms with Crippen molar-refractivity contribution in [3.8, 4) is 0 Å². The van der Waals surface area contributed by atoms with Gasteiger partial charge in [-0.05, 0) is 19.4 Å². The van der Waals surface area contributed by atoms with Crippen LogP contribution in [0.5, 0.6) is 0 Å². The van der Waals surface area contributed by atoms with E-state index in [2.05, 4.69) is 5.32 Å². The van der Waals surface area contributed by atoms with Crippen LogP contribution in [-0.2, 0) is 9.59 Å². The third-order valence-corrected chi connectivity index (χ3v) is 2.95. The predicted octanol–water partition coefficient (Wildman–Crippen LogP) is 0.912. The van der Waals surface area contributed by atoms with Gasteiger partial charge in [-0.2, -0.15) is 0 Å². The first kappa shape index (κ1) is 14.2. The van der Waals surface area contributed by atoms with Gasteiger partial charge in [0.25, 0.3) is 0 Å². The van der Waals surface area contributed by atoms with E-state index in [-0.39, 0.29) is 5.91 Å². The largest absolute Gasteiger partial charge is 0.481 e. The van der Waals surface area contributed by atoms with Crippen molar-refractivity contribution in [2.45, 2.75) is 25.9 Å². The standard InChI is InChI=1S/C13H18N2O3/c1-8(13(17)18)9(2)15-12(16)11(14)10-6-4-3-5-7-10/h3-9,11H,14H2,1-2H3,(H,15,16)(H,17,18)/t8?,9?,11-/m0/s1. The van der Waals surface area contributed by atoms with Crippen molar-refractivity contribution in [2.75, 3.05) is 0 Å². The molecule has 0 saturated carbocycles. The van der Waals surface area contributed by atoms with Crippen molar-refractivity contribution >= 4 is 11.9 Å². The molecular formula is C13H18N2O3. The number of amides is 1. The zero-order chi connectivity index (χ0) is 13.7. The molecule has 0 spiro atoms. The van der Waals surface area contributed by atoms with E-state index in [1.165, 1.54) is 0 Å². The van der Waals surface area contributed by atoms with Crippen molar-refractivity contribution in [1.29, 1.82) is 0 Å². The molecule has 5 nitrogen and oxygen atoms in total. The van der Waals surface area contributed by atoms with Gasteiger partial charge in [0.1, 0.15) is 6.04 Å². The molecule has 0 aliphatic carbocycles. The highest BCUT2D eigenvalue weighted by Gasteiger charge is 2.23. The Morgan fingerprint density at radius 2 is 1.78 bits per heavy atom. The van der Waals surface area contributed by atoms with Gasteiger partial charge in [0.2, 0.25) is 5.91 Å². The summed E-state index contributed by atoms with van der Waals surface area (Å²) in [6.07, 6.45) is 0. The van der Waals surface area contributed by atoms with Crippen LogP contribution in [-0.4, -0.2) is 23.0 Å². The molecule has 5 heteroatoms. The highest BCUT2D eigenvalue weighted by molar-refractivity contribution is 5.83. The van der Waals surface area contributed by atoms with Crippen LogP contribution in [0.4, 0.5) is 0 Å². The SMILES string of the molecule is CC(NC(=O)[C@@H](N)c1ccccc1)C(C)C(=O)O. The lowest BCUT2D eigenvalue weighted by Crippen LogP contribution is -2.44. The quantitative estimate of drug-likeness (QED) is 0.724. The molecule has 0 bridgehead atoms. The van der Waals surface area contributed by atoms with E-state index in [4.69, 9.17) is 10.8 Å². The van der Waals surface area contributed by atoms with E-state index in [0.29, 0.717) is 5.56 Å². The van der Waals surface area contributed by atoms with Gasteiger partial charge in [-0.3, -0.25) is 9.59 Å². The number of benzene rings is 1. The molecule has 0 radical (unpaired) electrons. The lowest BCUT2D eigenvalue weighted by Gasteiger charge is -2.20. The van der Waals surface area contributed by atoms with Crippen LogP contribution in [0.1, 0.15) is 25.5 Å². The number of carboxylic acids is 1. The average Bonchev–Trinajstić information content (AvgIpc) is 2.37. The molecule has 4 N–H and O–H groups in total. The van der Waals surface area contributed by atoms with Crippen LogP contribution in [0.25, 0.3) is 0 Å². The Kier molecular flexibility index (Phi) is 4.85. The summed E-state index contributed by atoms with van der Waals surface area (Å²) in [5.41, 5.74) is 6.50. The fourth-order valence-corrected chi connectivity index (χ4v) is 1.46. The maximum Gasteiger partial charge on any atom is 0.308 e. The number of nitrogens with two attached hydrogens (primary N) is 1. The molecule has 0 aromatic heterocycles. The number of carbonyl (C=O) groups is 2. The number of aliphatic carboxylic acids is 1. The summed E-state index contributed by atoms with van der Waals surface area (Å²) in [6, 6.07) is 7.70. The molecular weight excluding hydrogens is 232 g/mol. The van der Waals surface area contributed by atoms with Crippen molar-refractivity contribution in [1.82, 2.24) is 5.32 Å². The summed E-state index contributed by atoms with van der Waals surface area (Å²) < 4.78 is 0. The Morgan fingerprint density at radius 1 is 1.22 bits per heavy atom. The molecule has 0 saturated heterocycles. The van der Waals surface area contributed by atoms with Crippen molar-refractivity contribution < 1.29 is 14.7 Å². The highest BCUT2D eigenvalue weighted by atomic mass is 16.4. The van der Waals surface area contributed by atoms with Gasteiger partial charge in [-0.1, -0.05) is 30.3 Å². The summed E-state index contributed by atoms with van der Waals surface area (Å²) in [5, 5.41) is 11.5. The number of nitrogens with one attached hydrogen (secondary N) is 1. The molecule has 1 aromatic carbocycles. The summed E-state index contributed by atoms with van der Waals surface area (Å²) >= 11 is 0. The van der Waals surface area contributed by atoms with Gasteiger partial charge in [-0.15, -0.1) is 0 Å². The molecule has 0 aliphatic rings. The summed E-state index contributed by atoms with van der Waals surface area (Å²) in [5.74, 6) is -1.98. The first-order valence-electron chi connectivity index (χ1n) is 5.77. The lowest BCUT2D eigenvalue weighted by atomic mass is 10.0. The Labute approximate surface area is 106 Å². The number of carboxylic acid groups (broad SMARTS) is 1. The normalized spacial score (nSPS) is 15.5. The number of rotatable bonds is 5. The van der Waals surface area contributed by atoms with Gasteiger partial charge in [0, 0.05) is 6.04 Å². The van der Waals surface area contributed by atoms with Gasteiger partial charge < -0.3 is 16.2 Å². The van der Waals surface area contributed by atoms with Crippen LogP contribution in [0.3, 0.4) is 0 Å². The summed E-state index contributed by atoms with van der Waals surface area (Å²) in [4.78, 5) is 22.6. The number of hydrogen-bond acceptors (Lipinski definition) is 3. The third-order valence-electron chi connectivity index (χ3n) is 2.95. The maximum absolute atomic E-state index is 11.9. The monoisotopic (exact) mass is 250 g/mol. The van der Waals surface area contributed by atoms with E-state index in [0.717, 1.165) is 0 Å². The topological polar surface area (TPSA) is 92.4 Å². The molecule has 1 aromatic rings. The minimum absolute atomic E-state index is 0.373. The fourth-order valence-electron chi connectivity index (χ4n) is 1.46. The molecule has 1 amide bonds. The Hall–Kier alpha value is -1.88. The molecule has 3 atom stereocenters. The van der Waals surface area contributed by atoms with E-state index in [1.54, 1.807) is 38.1 Å². The van der Waals surface area contributed by atoms with Gasteiger partial charge >= 0.3 is 5.97 Å². The van der Waals surface area contributed by atoms with E-state index in [9.17, 15) is 9.59 Å². The van der Waals surface area contributed by atoms with Crippen LogP contribution in [0.2, 0.25) is 0 Å². The Bertz CT molecular complexity index is 420. The second kappa shape index (κ2) is 6.16. The smallest absolute Gasteiger partial charge is 0.308 e. The predicted molar refractivity (Wildman–Crippen MR) is 67.8 cm³/mol. The second-order valence-corrected chi connectivity index (χ2v) is 4.31. The third kappa shape index (κ3) is 3.56. The summed E-state index contributed by atoms with van der Waals surface area (Å²) in [6.45, 7) is 3.19. The van der Waals surface area contributed by atoms with Crippen LogP contribution in [0, 0.1) is 5.92 Å². The molecule has 0 aliphatic heterocycles. The van der Waals surface area contributed by atoms with Crippen molar-refractivity contribution in [3.63, 3.8) is 0 Å². The van der Waals surface area contributed by atoms with E-state index < -0.39 is 24.0 Å². The van der Waals surface area contributed by atoms with Crippen LogP contribution in [0.15, 0.2) is 30.3 Å². The fraction of sp³-hybridized carbons (Fsp3) is 0.385. The van der Waals surface area contributed by atoms with E-state index in [1.807, 2.05) is 6.07 Å². The van der Waals surface area contributed by atoms with Crippen LogP contribution >= 0.6 is 0 Å². The summed E-state index contributed by atoms with van der Waals surface area (Å²) in [7, 11) is 0. The molecule has 2 unspecified atom stereocenters. The molecule has 18 heavy (non-hydrogen) atoms. The minimum atomic E-state index is -0.948. The Balaban J connectivity index is 2.63. The van der Waals surface area contributed by atoms with Gasteiger partial charge in [0.15, 0.2) is 0 Å². The first-order valence-corrected chi connectivity index (χ1v) is 5.77. The lowest BCUT2D eigenvalue weighted by molar-refractivity contribution is -0.142. The van der Waals surface area contributed by atoms with Gasteiger partial charge in [0.05, 0.1) is 5.92 Å². The van der Waals surface area contributed by atoms with E-state index >= 15 is 0 Å². The molecule has 0 heterocycles. The Morgan fingerprint density at radius 3 is 2.28 bits per heavy atom. The zero-order valence-electron chi connectivity index (χ0n) is 10.5. The number of hydrogen-bond donors (Lipinski definition) is 3. The zero-order valence-corrected chi connectivity index (χ0v) is 10.5. The maximum atomic E-state index is 11.9. The highest BCUT2D eigenvalue weighted by Crippen LogP contribution is 2.11. The van der Waals surface area contributed by atoms with Crippen molar-refractivity contribution in [2.24, 2.45) is 11.7 Å². The average molecular weight is 250 g/mol. The molecule has 0 fully saturated rings. The first-order chi connectivity index (χ1) is 8.43. The van der Waals surface area contributed by atoms with Crippen molar-refractivity contribution in [3.05, 3.63) is 35.9 Å². The number of carbonyl (C=O) groups excluding carboxylic acids is 1. The van der Waals surface area contributed by atoms with Crippen LogP contribution < -0.4 is 11.1 Å². The van der Waals surface area contributed by atoms with Gasteiger partial charge in [-0.25, -0.2) is 0 Å². The molecule has 1 rings (SSSR count). The minimum Gasteiger partial charge on any atom is -0.481 e. The molecule has 98 valence electrons.